The molecule has 20 heavy (non-hydrogen) atoms. The van der Waals surface area contributed by atoms with E-state index in [-0.39, 0.29) is 36.6 Å². The smallest absolute Gasteiger partial charge is 0.229 e. The van der Waals surface area contributed by atoms with Gasteiger partial charge < -0.3 is 28.6 Å². The zero-order valence-electron chi connectivity index (χ0n) is 11.8. The van der Waals surface area contributed by atoms with Gasteiger partial charge in [-0.2, -0.15) is 0 Å². The van der Waals surface area contributed by atoms with Gasteiger partial charge in [0.1, 0.15) is 30.6 Å². The molecule has 0 aromatic rings. The summed E-state index contributed by atoms with van der Waals surface area (Å²) in [5, 5.41) is 0. The Kier molecular flexibility index (Phi) is 2.69. The largest absolute Gasteiger partial charge is 0.376 e. The third-order valence-corrected chi connectivity index (χ3v) is 4.39. The minimum absolute atomic E-state index is 0.0904. The van der Waals surface area contributed by atoms with Crippen LogP contribution in [0.15, 0.2) is 0 Å². The van der Waals surface area contributed by atoms with Crippen LogP contribution in [0.3, 0.4) is 0 Å². The fourth-order valence-electron chi connectivity index (χ4n) is 3.46. The summed E-state index contributed by atoms with van der Waals surface area (Å²) >= 11 is 0. The lowest BCUT2D eigenvalue weighted by atomic mass is 10.1. The summed E-state index contributed by atoms with van der Waals surface area (Å²) in [7, 11) is 1.63. The van der Waals surface area contributed by atoms with Gasteiger partial charge in [0, 0.05) is 7.11 Å². The van der Waals surface area contributed by atoms with E-state index in [9.17, 15) is 4.79 Å². The van der Waals surface area contributed by atoms with Crippen molar-refractivity contribution in [2.45, 2.75) is 63.0 Å². The van der Waals surface area contributed by atoms with Crippen molar-refractivity contribution in [2.24, 2.45) is 0 Å². The maximum Gasteiger partial charge on any atom is 0.229 e. The highest BCUT2D eigenvalue weighted by atomic mass is 16.8. The monoisotopic (exact) mass is 285 g/mol. The van der Waals surface area contributed by atoms with Crippen molar-refractivity contribution in [3.05, 3.63) is 0 Å². The number of carbonyl (C=O) groups excluding carboxylic acids is 1. The Morgan fingerprint density at radius 3 is 2.70 bits per heavy atom. The Balaban J connectivity index is 1.49. The average molecular weight is 285 g/mol. The molecule has 6 atom stereocenters. The van der Waals surface area contributed by atoms with Crippen LogP contribution in [0.1, 0.15) is 20.3 Å². The molecule has 1 amide bonds. The minimum Gasteiger partial charge on any atom is -0.376 e. The highest BCUT2D eigenvalue weighted by molar-refractivity contribution is 5.83. The Morgan fingerprint density at radius 1 is 1.25 bits per heavy atom. The molecule has 0 radical (unpaired) electrons. The first-order valence-corrected chi connectivity index (χ1v) is 6.97. The molecule has 0 unspecified atom stereocenters. The van der Waals surface area contributed by atoms with Gasteiger partial charge in [0.05, 0.1) is 13.0 Å². The van der Waals surface area contributed by atoms with E-state index in [0.717, 1.165) is 0 Å². The van der Waals surface area contributed by atoms with Gasteiger partial charge in [0.15, 0.2) is 12.1 Å². The minimum atomic E-state index is -0.661. The molecule has 4 aliphatic rings. The van der Waals surface area contributed by atoms with Crippen LogP contribution in [-0.4, -0.2) is 67.2 Å². The number of nitrogens with zero attached hydrogens (tertiary/aromatic N) is 1. The molecule has 0 N–H and O–H groups in total. The molecule has 4 saturated heterocycles. The zero-order chi connectivity index (χ0) is 14.1. The molecule has 4 rings (SSSR count). The first-order chi connectivity index (χ1) is 9.48. The van der Waals surface area contributed by atoms with Crippen molar-refractivity contribution in [3.8, 4) is 0 Å². The van der Waals surface area contributed by atoms with Gasteiger partial charge in [0.2, 0.25) is 5.91 Å². The number of methoxy groups -OCH3 is 1. The van der Waals surface area contributed by atoms with Crippen LogP contribution >= 0.6 is 0 Å². The van der Waals surface area contributed by atoms with Crippen molar-refractivity contribution in [1.29, 1.82) is 0 Å². The van der Waals surface area contributed by atoms with Crippen LogP contribution < -0.4 is 0 Å². The summed E-state index contributed by atoms with van der Waals surface area (Å²) in [5.41, 5.74) is 0. The van der Waals surface area contributed by atoms with Crippen molar-refractivity contribution < 1.29 is 28.5 Å². The standard InChI is InChI=1S/C13H19NO6/c1-13(2)19-11-10(16-3)9(18-12(11)20-13)6-5-14-7(15)4-8(14)17-6/h6,8-12H,4-5H2,1-3H3/t6-,8+,9-,10+,11-,12-/m1/s1. The van der Waals surface area contributed by atoms with Crippen molar-refractivity contribution >= 4 is 5.91 Å². The fraction of sp³-hybridized carbons (Fsp3) is 0.923. The summed E-state index contributed by atoms with van der Waals surface area (Å²) in [6.45, 7) is 4.26. The normalized spacial score (nSPS) is 49.1. The summed E-state index contributed by atoms with van der Waals surface area (Å²) < 4.78 is 28.9. The molecule has 0 saturated carbocycles. The number of rotatable bonds is 2. The highest BCUT2D eigenvalue weighted by Gasteiger charge is 2.59. The number of fused-ring (bicyclic) bond motifs is 2. The fourth-order valence-corrected chi connectivity index (χ4v) is 3.46. The van der Waals surface area contributed by atoms with Gasteiger partial charge in [-0.15, -0.1) is 0 Å². The molecule has 0 spiro atoms. The van der Waals surface area contributed by atoms with Gasteiger partial charge in [-0.25, -0.2) is 0 Å². The Labute approximate surface area is 117 Å². The van der Waals surface area contributed by atoms with Crippen molar-refractivity contribution in [2.75, 3.05) is 13.7 Å². The first-order valence-electron chi connectivity index (χ1n) is 6.97. The van der Waals surface area contributed by atoms with E-state index >= 15 is 0 Å². The summed E-state index contributed by atoms with van der Waals surface area (Å²) in [5.74, 6) is -0.523. The van der Waals surface area contributed by atoms with E-state index in [1.807, 2.05) is 13.8 Å². The predicted molar refractivity (Wildman–Crippen MR) is 64.5 cm³/mol. The molecule has 0 aromatic carbocycles. The van der Waals surface area contributed by atoms with Gasteiger partial charge >= 0.3 is 0 Å². The van der Waals surface area contributed by atoms with Gasteiger partial charge in [-0.1, -0.05) is 0 Å². The molecular weight excluding hydrogens is 266 g/mol. The number of hydrogen-bond donors (Lipinski definition) is 0. The zero-order valence-corrected chi connectivity index (χ0v) is 11.8. The van der Waals surface area contributed by atoms with Crippen LogP contribution in [-0.2, 0) is 28.5 Å². The predicted octanol–water partition coefficient (Wildman–Crippen LogP) is -0.165. The summed E-state index contributed by atoms with van der Waals surface area (Å²) in [6, 6.07) is 0. The molecule has 0 bridgehead atoms. The molecule has 7 nitrogen and oxygen atoms in total. The number of hydrogen-bond acceptors (Lipinski definition) is 6. The van der Waals surface area contributed by atoms with Crippen LogP contribution in [0.2, 0.25) is 0 Å². The maximum absolute atomic E-state index is 11.4. The Morgan fingerprint density at radius 2 is 2.05 bits per heavy atom. The van der Waals surface area contributed by atoms with Crippen molar-refractivity contribution in [3.63, 3.8) is 0 Å². The average Bonchev–Trinajstić information content (AvgIpc) is 2.95. The van der Waals surface area contributed by atoms with Gasteiger partial charge in [-0.3, -0.25) is 4.79 Å². The van der Waals surface area contributed by atoms with Crippen LogP contribution in [0.25, 0.3) is 0 Å². The van der Waals surface area contributed by atoms with Gasteiger partial charge in [0.25, 0.3) is 0 Å². The van der Waals surface area contributed by atoms with E-state index in [4.69, 9.17) is 23.7 Å². The third kappa shape index (κ3) is 1.74. The lowest BCUT2D eigenvalue weighted by molar-refractivity contribution is -0.229. The molecule has 0 aromatic heterocycles. The van der Waals surface area contributed by atoms with E-state index in [1.54, 1.807) is 12.0 Å². The van der Waals surface area contributed by atoms with E-state index in [1.165, 1.54) is 0 Å². The number of carbonyl (C=O) groups is 1. The number of ether oxygens (including phenoxy) is 5. The van der Waals surface area contributed by atoms with E-state index in [0.29, 0.717) is 13.0 Å². The Bertz CT molecular complexity index is 441. The second-order valence-electron chi connectivity index (χ2n) is 6.15. The summed E-state index contributed by atoms with van der Waals surface area (Å²) in [6.07, 6.45) is -1.02. The van der Waals surface area contributed by atoms with Crippen LogP contribution in [0.5, 0.6) is 0 Å². The maximum atomic E-state index is 11.4. The SMILES string of the molecule is CO[C@@H]1[C@H]2OC(C)(C)O[C@H]2O[C@@H]1[C@H]1CN2C(=O)C[C@@H]2O1. The number of amides is 1. The molecule has 4 heterocycles. The molecule has 112 valence electrons. The highest BCUT2D eigenvalue weighted by Crippen LogP contribution is 2.42. The van der Waals surface area contributed by atoms with Crippen LogP contribution in [0, 0.1) is 0 Å². The topological polar surface area (TPSA) is 66.5 Å². The summed E-state index contributed by atoms with van der Waals surface area (Å²) in [4.78, 5) is 13.2. The second-order valence-corrected chi connectivity index (χ2v) is 6.15. The first kappa shape index (κ1) is 13.0. The van der Waals surface area contributed by atoms with Crippen LogP contribution in [0.4, 0.5) is 0 Å². The van der Waals surface area contributed by atoms with E-state index in [2.05, 4.69) is 0 Å². The van der Waals surface area contributed by atoms with Crippen molar-refractivity contribution in [1.82, 2.24) is 4.90 Å². The number of β-lactam (4-membered cyclic amide) rings is 1. The molecule has 7 heteroatoms. The van der Waals surface area contributed by atoms with E-state index < -0.39 is 12.1 Å². The van der Waals surface area contributed by atoms with Gasteiger partial charge in [-0.05, 0) is 13.8 Å². The second kappa shape index (κ2) is 4.14. The molecule has 0 aliphatic carbocycles. The lowest BCUT2D eigenvalue weighted by Gasteiger charge is -2.31. The lowest BCUT2D eigenvalue weighted by Crippen LogP contribution is -2.48. The Hall–Kier alpha value is -0.730. The molecule has 4 fully saturated rings. The molecular formula is C13H19NO6. The quantitative estimate of drug-likeness (QED) is 0.657. The molecule has 4 aliphatic heterocycles. The third-order valence-electron chi connectivity index (χ3n) is 4.39.